The summed E-state index contributed by atoms with van der Waals surface area (Å²) in [6, 6.07) is 6.70. The van der Waals surface area contributed by atoms with Gasteiger partial charge in [0, 0.05) is 43.0 Å². The van der Waals surface area contributed by atoms with Gasteiger partial charge in [-0.25, -0.2) is 13.9 Å². The van der Waals surface area contributed by atoms with Crippen LogP contribution in [-0.2, 0) is 11.3 Å². The Hall–Kier alpha value is -3.71. The summed E-state index contributed by atoms with van der Waals surface area (Å²) >= 11 is 0. The summed E-state index contributed by atoms with van der Waals surface area (Å²) in [4.78, 5) is 22.6. The van der Waals surface area contributed by atoms with E-state index in [-0.39, 0.29) is 42.7 Å². The molecule has 9 nitrogen and oxygen atoms in total. The molecule has 0 spiro atoms. The average Bonchev–Trinajstić information content (AvgIpc) is 3.49. The molecule has 3 aliphatic rings. The van der Waals surface area contributed by atoms with Crippen LogP contribution in [-0.4, -0.2) is 51.8 Å². The number of piperidine rings is 1. The third-order valence-corrected chi connectivity index (χ3v) is 7.71. The van der Waals surface area contributed by atoms with Gasteiger partial charge < -0.3 is 19.3 Å². The van der Waals surface area contributed by atoms with Crippen molar-refractivity contribution in [1.82, 2.24) is 19.5 Å². The average molecular weight is 505 g/mol. The van der Waals surface area contributed by atoms with Gasteiger partial charge in [0.25, 0.3) is 5.91 Å². The van der Waals surface area contributed by atoms with Crippen LogP contribution in [0.1, 0.15) is 59.4 Å². The van der Waals surface area contributed by atoms with E-state index in [1.54, 1.807) is 9.42 Å². The summed E-state index contributed by atoms with van der Waals surface area (Å²) in [6.07, 6.45) is 4.55. The van der Waals surface area contributed by atoms with Crippen LogP contribution in [0.15, 0.2) is 24.4 Å². The van der Waals surface area contributed by atoms with Crippen molar-refractivity contribution in [2.24, 2.45) is 11.8 Å². The van der Waals surface area contributed by atoms with Crippen molar-refractivity contribution >= 4 is 17.4 Å². The molecule has 3 aliphatic heterocycles. The molecule has 0 radical (unpaired) electrons. The van der Waals surface area contributed by atoms with Gasteiger partial charge >= 0.3 is 0 Å². The van der Waals surface area contributed by atoms with Crippen molar-refractivity contribution in [3.05, 3.63) is 52.6 Å². The maximum atomic E-state index is 14.4. The van der Waals surface area contributed by atoms with Gasteiger partial charge in [0.15, 0.2) is 12.4 Å². The van der Waals surface area contributed by atoms with Crippen LogP contribution >= 0.6 is 0 Å². The number of nitrogens with zero attached hydrogens (tertiary/aromatic N) is 6. The third kappa shape index (κ3) is 4.17. The fourth-order valence-corrected chi connectivity index (χ4v) is 5.79. The maximum absolute atomic E-state index is 14.4. The summed E-state index contributed by atoms with van der Waals surface area (Å²) in [5.74, 6) is 0.787. The molecular formula is C27H29FN6O3. The van der Waals surface area contributed by atoms with Crippen LogP contribution in [0, 0.1) is 35.9 Å². The molecule has 3 aromatic rings. The quantitative estimate of drug-likeness (QED) is 0.532. The number of halogens is 1. The number of amides is 1. The summed E-state index contributed by atoms with van der Waals surface area (Å²) in [5, 5.41) is 14.3. The Morgan fingerprint density at radius 1 is 1.24 bits per heavy atom. The molecule has 1 amide bonds. The lowest BCUT2D eigenvalue weighted by Crippen LogP contribution is -2.39. The SMILES string of the molecule is Cc1cn2nc([C@@H]3CCCCN3C(=O)c3cc(F)cc4c3OCOC4)cc2nc1N1C[C@@H](C#N)[C@@H](C)C1. The van der Waals surface area contributed by atoms with Crippen molar-refractivity contribution in [2.45, 2.75) is 45.8 Å². The molecule has 3 atom stereocenters. The summed E-state index contributed by atoms with van der Waals surface area (Å²) in [5.41, 5.74) is 3.20. The molecule has 2 aromatic heterocycles. The number of nitriles is 1. The Kier molecular flexibility index (Phi) is 5.95. The van der Waals surface area contributed by atoms with Gasteiger partial charge in [-0.05, 0) is 44.2 Å². The van der Waals surface area contributed by atoms with E-state index >= 15 is 0 Å². The first-order valence-electron chi connectivity index (χ1n) is 12.8. The molecule has 5 heterocycles. The zero-order chi connectivity index (χ0) is 25.7. The molecule has 6 rings (SSSR count). The number of carbonyl (C=O) groups is 1. The van der Waals surface area contributed by atoms with E-state index in [0.29, 0.717) is 30.0 Å². The van der Waals surface area contributed by atoms with Crippen molar-refractivity contribution in [3.8, 4) is 11.8 Å². The number of rotatable bonds is 3. The van der Waals surface area contributed by atoms with Crippen molar-refractivity contribution < 1.29 is 18.7 Å². The zero-order valence-electron chi connectivity index (χ0n) is 21.0. The second-order valence-electron chi connectivity index (χ2n) is 10.3. The summed E-state index contributed by atoms with van der Waals surface area (Å²) < 4.78 is 27.0. The Morgan fingerprint density at radius 3 is 2.92 bits per heavy atom. The van der Waals surface area contributed by atoms with E-state index in [1.807, 2.05) is 19.2 Å². The fourth-order valence-electron chi connectivity index (χ4n) is 5.79. The lowest BCUT2D eigenvalue weighted by molar-refractivity contribution is -0.0174. The number of likely N-dealkylation sites (tertiary alicyclic amines) is 1. The van der Waals surface area contributed by atoms with E-state index in [0.717, 1.165) is 42.9 Å². The first-order chi connectivity index (χ1) is 17.9. The molecule has 0 bridgehead atoms. The predicted octanol–water partition coefficient (Wildman–Crippen LogP) is 4.01. The largest absolute Gasteiger partial charge is 0.466 e. The number of fused-ring (bicyclic) bond motifs is 2. The van der Waals surface area contributed by atoms with Gasteiger partial charge in [-0.1, -0.05) is 6.92 Å². The van der Waals surface area contributed by atoms with Gasteiger partial charge in [-0.15, -0.1) is 0 Å². The van der Waals surface area contributed by atoms with E-state index in [4.69, 9.17) is 19.6 Å². The third-order valence-electron chi connectivity index (χ3n) is 7.71. The first kappa shape index (κ1) is 23.7. The minimum absolute atomic E-state index is 0.0104. The van der Waals surface area contributed by atoms with Crippen LogP contribution in [0.2, 0.25) is 0 Å². The van der Waals surface area contributed by atoms with Crippen LogP contribution in [0.25, 0.3) is 5.65 Å². The van der Waals surface area contributed by atoms with Gasteiger partial charge in [0.1, 0.15) is 17.4 Å². The predicted molar refractivity (Wildman–Crippen MR) is 133 cm³/mol. The van der Waals surface area contributed by atoms with E-state index in [9.17, 15) is 14.4 Å². The molecule has 37 heavy (non-hydrogen) atoms. The van der Waals surface area contributed by atoms with Gasteiger partial charge in [0.05, 0.1) is 35.9 Å². The van der Waals surface area contributed by atoms with Crippen LogP contribution in [0.3, 0.4) is 0 Å². The Morgan fingerprint density at radius 2 is 2.11 bits per heavy atom. The topological polar surface area (TPSA) is 96.0 Å². The number of aryl methyl sites for hydroxylation is 1. The molecule has 0 unspecified atom stereocenters. The van der Waals surface area contributed by atoms with Crippen molar-refractivity contribution in [3.63, 3.8) is 0 Å². The molecule has 0 aliphatic carbocycles. The Balaban J connectivity index is 1.33. The normalized spacial score (nSPS) is 23.6. The minimum Gasteiger partial charge on any atom is -0.466 e. The van der Waals surface area contributed by atoms with Gasteiger partial charge in [-0.3, -0.25) is 4.79 Å². The maximum Gasteiger partial charge on any atom is 0.258 e. The lowest BCUT2D eigenvalue weighted by atomic mass is 9.97. The number of anilines is 1. The standard InChI is InChI=1S/C27H29FN6O3/c1-16-11-32(13-19(16)10-29)26-17(2)12-34-24(30-26)9-22(31-34)23-5-3-4-6-33(23)27(35)21-8-20(28)7-18-14-36-15-37-25(18)21/h7-9,12,16,19,23H,3-6,11,13-15H2,1-2H3/t16-,19+,23-/m0/s1. The molecule has 192 valence electrons. The van der Waals surface area contributed by atoms with Crippen molar-refractivity contribution in [1.29, 1.82) is 5.26 Å². The molecule has 0 saturated carbocycles. The highest BCUT2D eigenvalue weighted by atomic mass is 19.1. The molecule has 2 saturated heterocycles. The molecule has 2 fully saturated rings. The monoisotopic (exact) mass is 504 g/mol. The fraction of sp³-hybridized carbons (Fsp3) is 0.481. The second kappa shape index (κ2) is 9.30. The molecule has 0 N–H and O–H groups in total. The second-order valence-corrected chi connectivity index (χ2v) is 10.3. The van der Waals surface area contributed by atoms with E-state index < -0.39 is 5.82 Å². The number of benzene rings is 1. The molecule has 1 aromatic carbocycles. The Bertz CT molecular complexity index is 1420. The summed E-state index contributed by atoms with van der Waals surface area (Å²) in [7, 11) is 0. The Labute approximate surface area is 214 Å². The number of hydrogen-bond donors (Lipinski definition) is 0. The number of carbonyl (C=O) groups excluding carboxylic acids is 1. The van der Waals surface area contributed by atoms with Crippen molar-refractivity contribution in [2.75, 3.05) is 31.3 Å². The first-order valence-corrected chi connectivity index (χ1v) is 12.8. The molecule has 10 heteroatoms. The highest BCUT2D eigenvalue weighted by Crippen LogP contribution is 2.36. The van der Waals surface area contributed by atoms with Crippen LogP contribution in [0.5, 0.6) is 5.75 Å². The summed E-state index contributed by atoms with van der Waals surface area (Å²) in [6.45, 7) is 6.35. The van der Waals surface area contributed by atoms with Gasteiger partial charge in [-0.2, -0.15) is 10.4 Å². The van der Waals surface area contributed by atoms with E-state index in [1.165, 1.54) is 12.1 Å². The zero-order valence-corrected chi connectivity index (χ0v) is 21.0. The minimum atomic E-state index is -0.487. The van der Waals surface area contributed by atoms with Gasteiger partial charge in [0.2, 0.25) is 0 Å². The lowest BCUT2D eigenvalue weighted by Gasteiger charge is -2.35. The highest BCUT2D eigenvalue weighted by Gasteiger charge is 2.34. The number of aromatic nitrogens is 3. The van der Waals surface area contributed by atoms with Crippen LogP contribution < -0.4 is 9.64 Å². The number of hydrogen-bond acceptors (Lipinski definition) is 7. The molecular weight excluding hydrogens is 475 g/mol. The number of ether oxygens (including phenoxy) is 2. The van der Waals surface area contributed by atoms with E-state index in [2.05, 4.69) is 17.9 Å². The smallest absolute Gasteiger partial charge is 0.258 e. The highest BCUT2D eigenvalue weighted by molar-refractivity contribution is 5.97. The van der Waals surface area contributed by atoms with Crippen LogP contribution in [0.4, 0.5) is 10.2 Å².